The summed E-state index contributed by atoms with van der Waals surface area (Å²) in [7, 11) is -4.39. The first-order valence-electron chi connectivity index (χ1n) is 4.59. The summed E-state index contributed by atoms with van der Waals surface area (Å²) < 4.78 is 31.6. The number of nitrogens with one attached hydrogen (secondary N) is 1. The third-order valence-corrected chi connectivity index (χ3v) is 3.61. The lowest BCUT2D eigenvalue weighted by Crippen LogP contribution is -2.36. The summed E-state index contributed by atoms with van der Waals surface area (Å²) in [6.45, 7) is 1.38. The zero-order valence-corrected chi connectivity index (χ0v) is 11.1. The first kappa shape index (κ1) is 14.7. The van der Waals surface area contributed by atoms with Crippen LogP contribution in [0.3, 0.4) is 0 Å². The van der Waals surface area contributed by atoms with Crippen molar-refractivity contribution in [2.75, 3.05) is 0 Å². The summed E-state index contributed by atoms with van der Waals surface area (Å²) in [5.41, 5.74) is 0.280. The molecule has 0 saturated carbocycles. The molecule has 0 unspecified atom stereocenters. The molecule has 0 aliphatic heterocycles. The lowest BCUT2D eigenvalue weighted by atomic mass is 10.0. The van der Waals surface area contributed by atoms with Crippen molar-refractivity contribution < 1.29 is 18.1 Å². The maximum Gasteiger partial charge on any atom is 0.333 e. The summed E-state index contributed by atoms with van der Waals surface area (Å²) in [6.07, 6.45) is -1.22. The van der Waals surface area contributed by atoms with Crippen LogP contribution in [-0.4, -0.2) is 24.1 Å². The molecule has 5 nitrogen and oxygen atoms in total. The largest absolute Gasteiger partial charge is 0.387 e. The number of hydrogen-bond acceptors (Lipinski definition) is 3. The van der Waals surface area contributed by atoms with Crippen LogP contribution in [0.2, 0.25) is 10.0 Å². The van der Waals surface area contributed by atoms with Crippen molar-refractivity contribution in [1.82, 2.24) is 4.72 Å². The molecular formula is C9H11Cl2NO4S. The fraction of sp³-hybridized carbons (Fsp3) is 0.333. The van der Waals surface area contributed by atoms with Crippen LogP contribution in [-0.2, 0) is 10.3 Å². The van der Waals surface area contributed by atoms with E-state index in [1.54, 1.807) is 12.1 Å². The van der Waals surface area contributed by atoms with Crippen molar-refractivity contribution in [3.63, 3.8) is 0 Å². The minimum Gasteiger partial charge on any atom is -0.387 e. The molecule has 0 fully saturated rings. The molecule has 1 aromatic rings. The van der Waals surface area contributed by atoms with Gasteiger partial charge in [-0.15, -0.1) is 0 Å². The van der Waals surface area contributed by atoms with Crippen LogP contribution in [0.1, 0.15) is 18.6 Å². The summed E-state index contributed by atoms with van der Waals surface area (Å²) in [5.74, 6) is 0. The van der Waals surface area contributed by atoms with Crippen molar-refractivity contribution in [1.29, 1.82) is 0 Å². The molecule has 2 atom stereocenters. The molecule has 3 N–H and O–H groups in total. The van der Waals surface area contributed by atoms with Crippen LogP contribution in [0.4, 0.5) is 0 Å². The predicted octanol–water partition coefficient (Wildman–Crippen LogP) is 1.81. The van der Waals surface area contributed by atoms with Crippen molar-refractivity contribution in [3.8, 4) is 0 Å². The second-order valence-corrected chi connectivity index (χ2v) is 5.44. The molecule has 0 amide bonds. The topological polar surface area (TPSA) is 86.6 Å². The van der Waals surface area contributed by atoms with Gasteiger partial charge >= 0.3 is 10.3 Å². The minimum atomic E-state index is -4.39. The van der Waals surface area contributed by atoms with E-state index in [1.165, 1.54) is 13.0 Å². The summed E-state index contributed by atoms with van der Waals surface area (Å²) >= 11 is 11.6. The Kier molecular flexibility index (Phi) is 4.77. The number of aliphatic hydroxyl groups excluding tert-OH is 1. The van der Waals surface area contributed by atoms with Gasteiger partial charge in [0.2, 0.25) is 0 Å². The Morgan fingerprint density at radius 2 is 1.94 bits per heavy atom. The smallest absolute Gasteiger partial charge is 0.333 e. The van der Waals surface area contributed by atoms with Crippen molar-refractivity contribution in [2.45, 2.75) is 19.1 Å². The molecule has 8 heteroatoms. The van der Waals surface area contributed by atoms with Crippen LogP contribution in [0.5, 0.6) is 0 Å². The Labute approximate surface area is 109 Å². The van der Waals surface area contributed by atoms with E-state index in [0.717, 1.165) is 0 Å². The normalized spacial score (nSPS) is 15.6. The zero-order valence-electron chi connectivity index (χ0n) is 8.76. The molecule has 1 rings (SSSR count). The van der Waals surface area contributed by atoms with Gasteiger partial charge in [0.15, 0.2) is 0 Å². The Hall–Kier alpha value is -0.370. The third kappa shape index (κ3) is 4.09. The zero-order chi connectivity index (χ0) is 13.2. The highest BCUT2D eigenvalue weighted by Gasteiger charge is 2.23. The quantitative estimate of drug-likeness (QED) is 0.740. The van der Waals surface area contributed by atoms with E-state index in [0.29, 0.717) is 0 Å². The van der Waals surface area contributed by atoms with Gasteiger partial charge in [0.25, 0.3) is 0 Å². The molecule has 0 aliphatic carbocycles. The summed E-state index contributed by atoms with van der Waals surface area (Å²) in [4.78, 5) is 0. The molecule has 1 aromatic carbocycles. The fourth-order valence-electron chi connectivity index (χ4n) is 1.32. The molecule has 96 valence electrons. The van der Waals surface area contributed by atoms with E-state index in [4.69, 9.17) is 27.8 Å². The number of hydrogen-bond donors (Lipinski definition) is 3. The monoisotopic (exact) mass is 299 g/mol. The second-order valence-electron chi connectivity index (χ2n) is 3.47. The van der Waals surface area contributed by atoms with E-state index in [2.05, 4.69) is 0 Å². The molecular weight excluding hydrogens is 289 g/mol. The lowest BCUT2D eigenvalue weighted by molar-refractivity contribution is 0.145. The first-order valence-corrected chi connectivity index (χ1v) is 6.78. The van der Waals surface area contributed by atoms with Gasteiger partial charge in [-0.25, -0.2) is 0 Å². The average molecular weight is 300 g/mol. The van der Waals surface area contributed by atoms with Crippen molar-refractivity contribution in [3.05, 3.63) is 33.8 Å². The van der Waals surface area contributed by atoms with Crippen molar-refractivity contribution in [2.24, 2.45) is 0 Å². The molecule has 17 heavy (non-hydrogen) atoms. The molecule has 0 bridgehead atoms. The van der Waals surface area contributed by atoms with Gasteiger partial charge in [-0.2, -0.15) is 13.1 Å². The van der Waals surface area contributed by atoms with E-state index in [1.807, 2.05) is 4.72 Å². The highest BCUT2D eigenvalue weighted by Crippen LogP contribution is 2.31. The van der Waals surface area contributed by atoms with Gasteiger partial charge in [0.05, 0.1) is 22.2 Å². The molecule has 0 heterocycles. The average Bonchev–Trinajstić information content (AvgIpc) is 2.18. The van der Waals surface area contributed by atoms with Crippen LogP contribution in [0.15, 0.2) is 18.2 Å². The summed E-state index contributed by atoms with van der Waals surface area (Å²) in [6, 6.07) is 3.69. The fourth-order valence-corrected chi connectivity index (χ4v) is 2.34. The van der Waals surface area contributed by atoms with E-state index in [9.17, 15) is 13.5 Å². The van der Waals surface area contributed by atoms with Gasteiger partial charge in [-0.05, 0) is 13.0 Å². The SMILES string of the molecule is C[C@@H](NS(=O)(=O)O)[C@H](O)c1cccc(Cl)c1Cl. The molecule has 0 radical (unpaired) electrons. The number of aliphatic hydroxyl groups is 1. The second kappa shape index (κ2) is 5.51. The number of benzene rings is 1. The highest BCUT2D eigenvalue weighted by atomic mass is 35.5. The number of halogens is 2. The standard InChI is InChI=1S/C9H11Cl2NO4S/c1-5(12-17(14,15)16)9(13)6-3-2-4-7(10)8(6)11/h2-5,9,12-13H,1H3,(H,14,15,16)/t5-,9+/m1/s1. The molecule has 0 aliphatic rings. The Bertz CT molecular complexity index is 506. The van der Waals surface area contributed by atoms with Gasteiger partial charge in [0, 0.05) is 5.56 Å². The van der Waals surface area contributed by atoms with Gasteiger partial charge in [-0.1, -0.05) is 35.3 Å². The predicted molar refractivity (Wildman–Crippen MR) is 65.6 cm³/mol. The lowest BCUT2D eigenvalue weighted by Gasteiger charge is -2.20. The molecule has 0 saturated heterocycles. The van der Waals surface area contributed by atoms with Crippen molar-refractivity contribution >= 4 is 33.5 Å². The first-order chi connectivity index (χ1) is 7.72. The van der Waals surface area contributed by atoms with Gasteiger partial charge in [-0.3, -0.25) is 4.55 Å². The van der Waals surface area contributed by atoms with Gasteiger partial charge in [0.1, 0.15) is 0 Å². The van der Waals surface area contributed by atoms with E-state index < -0.39 is 22.4 Å². The minimum absolute atomic E-state index is 0.144. The van der Waals surface area contributed by atoms with Crippen LogP contribution >= 0.6 is 23.2 Å². The van der Waals surface area contributed by atoms with Crippen LogP contribution in [0.25, 0.3) is 0 Å². The molecule has 0 aromatic heterocycles. The Morgan fingerprint density at radius 3 is 2.47 bits per heavy atom. The maximum atomic E-state index is 10.6. The van der Waals surface area contributed by atoms with E-state index >= 15 is 0 Å². The maximum absolute atomic E-state index is 10.6. The third-order valence-electron chi connectivity index (χ3n) is 2.11. The molecule has 0 spiro atoms. The van der Waals surface area contributed by atoms with Gasteiger partial charge < -0.3 is 5.11 Å². The highest BCUT2D eigenvalue weighted by molar-refractivity contribution is 7.83. The number of rotatable bonds is 4. The Morgan fingerprint density at radius 1 is 1.35 bits per heavy atom. The summed E-state index contributed by atoms with van der Waals surface area (Å²) in [5, 5.41) is 10.3. The van der Waals surface area contributed by atoms with Crippen LogP contribution < -0.4 is 4.72 Å². The van der Waals surface area contributed by atoms with Crippen LogP contribution in [0, 0.1) is 0 Å². The van der Waals surface area contributed by atoms with E-state index in [-0.39, 0.29) is 15.6 Å². The Balaban J connectivity index is 2.96.